The van der Waals surface area contributed by atoms with E-state index in [0.29, 0.717) is 23.1 Å². The maximum Gasteiger partial charge on any atom is 0.352 e. The first-order valence-corrected chi connectivity index (χ1v) is 11.4. The van der Waals surface area contributed by atoms with Gasteiger partial charge in [-0.2, -0.15) is 5.26 Å². The molecule has 1 aromatic heterocycles. The van der Waals surface area contributed by atoms with Crippen LogP contribution in [0.15, 0.2) is 66.9 Å². The van der Waals surface area contributed by atoms with Crippen molar-refractivity contribution in [2.45, 2.75) is 32.0 Å². The smallest absolute Gasteiger partial charge is 0.352 e. The van der Waals surface area contributed by atoms with Crippen LogP contribution in [-0.2, 0) is 23.2 Å². The van der Waals surface area contributed by atoms with Gasteiger partial charge in [0.2, 0.25) is 12.2 Å². The number of aliphatic hydroxyl groups excluding tert-OH is 1. The number of aliphatic hydroxyl groups is 1. The second kappa shape index (κ2) is 8.53. The Hall–Kier alpha value is -4.22. The molecule has 2 N–H and O–H groups in total. The van der Waals surface area contributed by atoms with Gasteiger partial charge >= 0.3 is 5.97 Å². The Morgan fingerprint density at radius 3 is 2.51 bits per heavy atom. The van der Waals surface area contributed by atoms with Crippen LogP contribution >= 0.6 is 0 Å². The number of carboxylic acids is 1. The number of carboxylic acid groups (broad SMARTS) is 1. The van der Waals surface area contributed by atoms with E-state index in [9.17, 15) is 25.1 Å². The Morgan fingerprint density at radius 1 is 1.20 bits per heavy atom. The summed E-state index contributed by atoms with van der Waals surface area (Å²) in [5.74, 6) is -2.18. The quantitative estimate of drug-likeness (QED) is 0.425. The van der Waals surface area contributed by atoms with Crippen LogP contribution in [-0.4, -0.2) is 43.7 Å². The molecule has 35 heavy (non-hydrogen) atoms. The predicted octanol–water partition coefficient (Wildman–Crippen LogP) is 2.31. The van der Waals surface area contributed by atoms with E-state index >= 15 is 0 Å². The van der Waals surface area contributed by atoms with Crippen LogP contribution in [0.2, 0.25) is 0 Å². The summed E-state index contributed by atoms with van der Waals surface area (Å²) in [6.45, 7) is 2.28. The molecule has 1 saturated heterocycles. The predicted molar refractivity (Wildman–Crippen MR) is 126 cm³/mol. The Labute approximate surface area is 202 Å². The zero-order chi connectivity index (χ0) is 24.9. The lowest BCUT2D eigenvalue weighted by atomic mass is 9.82. The lowest BCUT2D eigenvalue weighted by Crippen LogP contribution is -2.61. The fourth-order valence-electron chi connectivity index (χ4n) is 5.17. The van der Waals surface area contributed by atoms with Gasteiger partial charge in [-0.25, -0.2) is 13.9 Å². The van der Waals surface area contributed by atoms with Gasteiger partial charge in [-0.3, -0.25) is 4.79 Å². The van der Waals surface area contributed by atoms with E-state index in [1.54, 1.807) is 19.1 Å². The van der Waals surface area contributed by atoms with Crippen LogP contribution in [0.4, 0.5) is 0 Å². The molecule has 5 rings (SSSR count). The lowest BCUT2D eigenvalue weighted by Gasteiger charge is -2.44. The van der Waals surface area contributed by atoms with Gasteiger partial charge in [0.05, 0.1) is 36.7 Å². The number of aryl methyl sites for hydroxylation is 1. The standard InChI is InChI=1S/C27H24N4O4/c1-16(32)24-23-12-22(25(27(34)35)31(23)26(24)33)21-10-18(13-28)9-20(11-21)19-5-3-17(4-6-19)14-30-8-7-29(2)15-30/h3-11,15-16,23-24,32H,12,14H2,1-2H3/p+1/t16-,23+,24?/m1/s1. The highest BCUT2D eigenvalue weighted by atomic mass is 16.4. The van der Waals surface area contributed by atoms with E-state index in [0.717, 1.165) is 23.2 Å². The number of imidazole rings is 1. The second-order valence-corrected chi connectivity index (χ2v) is 9.24. The summed E-state index contributed by atoms with van der Waals surface area (Å²) in [6, 6.07) is 15.1. The molecule has 0 spiro atoms. The van der Waals surface area contributed by atoms with E-state index in [-0.39, 0.29) is 17.6 Å². The zero-order valence-corrected chi connectivity index (χ0v) is 19.4. The van der Waals surface area contributed by atoms with Crippen molar-refractivity contribution in [3.8, 4) is 17.2 Å². The highest BCUT2D eigenvalue weighted by Crippen LogP contribution is 2.47. The van der Waals surface area contributed by atoms with Crippen molar-refractivity contribution in [3.63, 3.8) is 0 Å². The number of aromatic nitrogens is 2. The van der Waals surface area contributed by atoms with Crippen LogP contribution in [0.5, 0.6) is 0 Å². The number of carbonyl (C=O) groups is 2. The first-order chi connectivity index (χ1) is 16.8. The lowest BCUT2D eigenvalue weighted by molar-refractivity contribution is -0.671. The molecule has 2 aliphatic heterocycles. The van der Waals surface area contributed by atoms with Gasteiger partial charge in [-0.1, -0.05) is 24.3 Å². The van der Waals surface area contributed by atoms with Gasteiger partial charge in [0.1, 0.15) is 24.6 Å². The number of rotatable bonds is 6. The van der Waals surface area contributed by atoms with Crippen LogP contribution < -0.4 is 4.57 Å². The van der Waals surface area contributed by atoms with Gasteiger partial charge in [0.25, 0.3) is 0 Å². The molecule has 3 atom stereocenters. The molecule has 1 unspecified atom stereocenters. The van der Waals surface area contributed by atoms with Crippen molar-refractivity contribution in [1.82, 2.24) is 9.47 Å². The van der Waals surface area contributed by atoms with Crippen molar-refractivity contribution in [2.75, 3.05) is 0 Å². The number of nitrogens with zero attached hydrogens (tertiary/aromatic N) is 4. The number of fused-ring (bicyclic) bond motifs is 1. The third-order valence-electron chi connectivity index (χ3n) is 6.82. The topological polar surface area (TPSA) is 110 Å². The summed E-state index contributed by atoms with van der Waals surface area (Å²) in [5.41, 5.74) is 4.28. The molecule has 2 aliphatic rings. The van der Waals surface area contributed by atoms with Gasteiger partial charge < -0.3 is 15.1 Å². The highest BCUT2D eigenvalue weighted by Gasteiger charge is 2.56. The first-order valence-electron chi connectivity index (χ1n) is 11.4. The third-order valence-corrected chi connectivity index (χ3v) is 6.82. The van der Waals surface area contributed by atoms with Crippen LogP contribution in [0.25, 0.3) is 16.7 Å². The number of hydrogen-bond donors (Lipinski definition) is 2. The van der Waals surface area contributed by atoms with E-state index < -0.39 is 18.0 Å². The molecule has 0 aliphatic carbocycles. The highest BCUT2D eigenvalue weighted by molar-refractivity contribution is 6.06. The summed E-state index contributed by atoms with van der Waals surface area (Å²) in [7, 11) is 1.97. The number of carbonyl (C=O) groups excluding carboxylic acids is 1. The summed E-state index contributed by atoms with van der Waals surface area (Å²) < 4.78 is 4.06. The molecule has 8 nitrogen and oxygen atoms in total. The Bertz CT molecular complexity index is 1410. The molecular weight excluding hydrogens is 444 g/mol. The molecular formula is C27H25N4O4+. The number of β-lactam (4-membered cyclic amide) rings is 1. The molecule has 1 fully saturated rings. The average molecular weight is 470 g/mol. The number of amides is 1. The molecule has 176 valence electrons. The van der Waals surface area contributed by atoms with Gasteiger partial charge in [-0.05, 0) is 59.4 Å². The number of nitriles is 1. The van der Waals surface area contributed by atoms with Crippen LogP contribution in [0.1, 0.15) is 30.0 Å². The zero-order valence-electron chi connectivity index (χ0n) is 19.4. The second-order valence-electron chi connectivity index (χ2n) is 9.24. The van der Waals surface area contributed by atoms with Crippen molar-refractivity contribution >= 4 is 17.4 Å². The minimum Gasteiger partial charge on any atom is -0.477 e. The molecule has 0 radical (unpaired) electrons. The molecule has 3 aromatic rings. The van der Waals surface area contributed by atoms with Crippen LogP contribution in [0.3, 0.4) is 0 Å². The summed E-state index contributed by atoms with van der Waals surface area (Å²) >= 11 is 0. The summed E-state index contributed by atoms with van der Waals surface area (Å²) in [5, 5.41) is 29.5. The fraction of sp³-hybridized carbons (Fsp3) is 0.259. The maximum absolute atomic E-state index is 12.6. The fourth-order valence-corrected chi connectivity index (χ4v) is 5.17. The third kappa shape index (κ3) is 3.90. The molecule has 3 heterocycles. The first kappa shape index (κ1) is 22.6. The Morgan fingerprint density at radius 2 is 1.91 bits per heavy atom. The normalized spacial score (nSPS) is 19.8. The minimum absolute atomic E-state index is 0.0619. The minimum atomic E-state index is -1.19. The van der Waals surface area contributed by atoms with Gasteiger partial charge in [0.15, 0.2) is 0 Å². The van der Waals surface area contributed by atoms with Gasteiger partial charge in [0, 0.05) is 0 Å². The van der Waals surface area contributed by atoms with E-state index in [1.165, 1.54) is 4.90 Å². The van der Waals surface area contributed by atoms with E-state index in [2.05, 4.69) is 10.6 Å². The SMILES string of the molecule is C[C@@H](O)C1C(=O)N2C(C(=O)O)=C(c3cc(C#N)cc(-c4ccc(Cn5cc[n+](C)c5)cc4)c3)C[C@@H]12. The largest absolute Gasteiger partial charge is 0.477 e. The van der Waals surface area contributed by atoms with Crippen molar-refractivity contribution in [1.29, 1.82) is 5.26 Å². The summed E-state index contributed by atoms with van der Waals surface area (Å²) in [4.78, 5) is 26.0. The van der Waals surface area contributed by atoms with Crippen molar-refractivity contribution < 1.29 is 24.4 Å². The Balaban J connectivity index is 1.50. The molecule has 2 aromatic carbocycles. The van der Waals surface area contributed by atoms with Crippen LogP contribution in [0, 0.1) is 17.2 Å². The van der Waals surface area contributed by atoms with E-state index in [4.69, 9.17) is 0 Å². The van der Waals surface area contributed by atoms with E-state index in [1.807, 2.05) is 60.7 Å². The summed E-state index contributed by atoms with van der Waals surface area (Å²) in [6.07, 6.45) is 5.45. The van der Waals surface area contributed by atoms with Crippen molar-refractivity contribution in [3.05, 3.63) is 83.6 Å². The maximum atomic E-state index is 12.6. The molecule has 1 amide bonds. The molecule has 0 bridgehead atoms. The Kier molecular flexibility index (Phi) is 5.50. The monoisotopic (exact) mass is 469 g/mol. The molecule has 0 saturated carbocycles. The van der Waals surface area contributed by atoms with Gasteiger partial charge in [-0.15, -0.1) is 0 Å². The van der Waals surface area contributed by atoms with Crippen molar-refractivity contribution in [2.24, 2.45) is 13.0 Å². The molecule has 8 heteroatoms. The average Bonchev–Trinajstić information content (AvgIpc) is 3.39. The number of hydrogen-bond acceptors (Lipinski definition) is 4. The number of benzene rings is 2. The number of aliphatic carboxylic acids is 1.